The number of benzene rings is 1. The van der Waals surface area contributed by atoms with E-state index in [1.54, 1.807) is 17.0 Å². The van der Waals surface area contributed by atoms with Crippen LogP contribution in [0.15, 0.2) is 30.3 Å². The molecule has 1 N–H and O–H groups in total. The molecule has 2 heterocycles. The lowest BCUT2D eigenvalue weighted by molar-refractivity contribution is -0.121. The van der Waals surface area contributed by atoms with Crippen molar-refractivity contribution in [2.75, 3.05) is 11.4 Å². The summed E-state index contributed by atoms with van der Waals surface area (Å²) in [7, 11) is -2.04. The van der Waals surface area contributed by atoms with Crippen LogP contribution >= 0.6 is 0 Å². The van der Waals surface area contributed by atoms with Crippen LogP contribution < -0.4 is 4.90 Å². The van der Waals surface area contributed by atoms with Crippen molar-refractivity contribution in [2.24, 2.45) is 11.8 Å². The Bertz CT molecular complexity index is 807. The van der Waals surface area contributed by atoms with E-state index in [4.69, 9.17) is 4.43 Å². The highest BCUT2D eigenvalue weighted by Crippen LogP contribution is 2.47. The smallest absolute Gasteiger partial charge is 0.332 e. The molecule has 1 aromatic carbocycles. The maximum atomic E-state index is 13.3. The first-order valence-electron chi connectivity index (χ1n) is 10.6. The molecule has 4 rings (SSSR count). The molecule has 2 saturated heterocycles. The molecule has 1 saturated carbocycles. The van der Waals surface area contributed by atoms with E-state index in [0.29, 0.717) is 25.1 Å². The van der Waals surface area contributed by atoms with Gasteiger partial charge in [-0.25, -0.2) is 9.69 Å². The third-order valence-corrected chi connectivity index (χ3v) is 11.9. The Balaban J connectivity index is 1.56. The SMILES string of the molecule is CC(C)(C)[Si](C)(C)O[C@H]1C[C@H]2[C@@H](C[C@H]1O)CN1C(=O)N(c3ccccc3)C(=O)[C@H]21. The number of nitrogens with zero attached hydrogens (tertiary/aromatic N) is 2. The van der Waals surface area contributed by atoms with Gasteiger partial charge < -0.3 is 14.4 Å². The molecule has 29 heavy (non-hydrogen) atoms. The van der Waals surface area contributed by atoms with Crippen molar-refractivity contribution in [3.05, 3.63) is 30.3 Å². The Morgan fingerprint density at radius 1 is 1.10 bits per heavy atom. The number of fused-ring (bicyclic) bond motifs is 3. The van der Waals surface area contributed by atoms with Gasteiger partial charge in [0, 0.05) is 6.54 Å². The highest BCUT2D eigenvalue weighted by atomic mass is 28.4. The van der Waals surface area contributed by atoms with Crippen LogP contribution in [0.4, 0.5) is 10.5 Å². The molecule has 2 aliphatic heterocycles. The van der Waals surface area contributed by atoms with Gasteiger partial charge >= 0.3 is 6.03 Å². The molecule has 0 aromatic heterocycles. The van der Waals surface area contributed by atoms with Crippen LogP contribution in [0, 0.1) is 11.8 Å². The molecule has 0 spiro atoms. The van der Waals surface area contributed by atoms with Crippen LogP contribution in [-0.4, -0.2) is 55.1 Å². The lowest BCUT2D eigenvalue weighted by Crippen LogP contribution is -2.51. The minimum absolute atomic E-state index is 0.0401. The van der Waals surface area contributed by atoms with Gasteiger partial charge in [0.25, 0.3) is 5.91 Å². The van der Waals surface area contributed by atoms with Crippen LogP contribution in [0.2, 0.25) is 18.1 Å². The topological polar surface area (TPSA) is 70.1 Å². The highest BCUT2D eigenvalue weighted by molar-refractivity contribution is 6.74. The number of para-hydroxylation sites is 1. The average molecular weight is 417 g/mol. The lowest BCUT2D eigenvalue weighted by atomic mass is 9.75. The lowest BCUT2D eigenvalue weighted by Gasteiger charge is -2.44. The summed E-state index contributed by atoms with van der Waals surface area (Å²) < 4.78 is 6.55. The molecule has 0 bridgehead atoms. The number of imide groups is 1. The molecule has 3 aliphatic rings. The van der Waals surface area contributed by atoms with Crippen LogP contribution in [0.3, 0.4) is 0 Å². The van der Waals surface area contributed by atoms with E-state index >= 15 is 0 Å². The van der Waals surface area contributed by atoms with E-state index in [1.165, 1.54) is 4.90 Å². The molecule has 158 valence electrons. The first-order chi connectivity index (χ1) is 13.5. The number of hydrogen-bond donors (Lipinski definition) is 1. The number of aliphatic hydroxyl groups is 1. The zero-order valence-electron chi connectivity index (χ0n) is 18.0. The van der Waals surface area contributed by atoms with Crippen LogP contribution in [0.1, 0.15) is 33.6 Å². The fourth-order valence-corrected chi connectivity index (χ4v) is 6.18. The van der Waals surface area contributed by atoms with Crippen LogP contribution in [-0.2, 0) is 9.22 Å². The molecule has 5 atom stereocenters. The van der Waals surface area contributed by atoms with Crippen molar-refractivity contribution in [2.45, 2.75) is 70.0 Å². The van der Waals surface area contributed by atoms with E-state index in [2.05, 4.69) is 33.9 Å². The second-order valence-electron chi connectivity index (χ2n) is 10.3. The average Bonchev–Trinajstić information content (AvgIpc) is 3.10. The molecule has 3 amide bonds. The summed E-state index contributed by atoms with van der Waals surface area (Å²) in [6, 6.07) is 8.46. The van der Waals surface area contributed by atoms with Gasteiger partial charge in [-0.15, -0.1) is 0 Å². The van der Waals surface area contributed by atoms with Crippen molar-refractivity contribution in [3.63, 3.8) is 0 Å². The fraction of sp³-hybridized carbons (Fsp3) is 0.636. The Hall–Kier alpha value is -1.70. The minimum Gasteiger partial charge on any atom is -0.411 e. The van der Waals surface area contributed by atoms with E-state index in [1.807, 2.05) is 18.2 Å². The normalized spacial score (nSPS) is 32.6. The van der Waals surface area contributed by atoms with Gasteiger partial charge in [0.05, 0.1) is 17.9 Å². The van der Waals surface area contributed by atoms with Crippen molar-refractivity contribution < 1.29 is 19.1 Å². The van der Waals surface area contributed by atoms with Crippen molar-refractivity contribution in [1.82, 2.24) is 4.90 Å². The summed E-state index contributed by atoms with van der Waals surface area (Å²) in [6.07, 6.45) is 0.399. The second kappa shape index (κ2) is 6.92. The molecule has 1 aromatic rings. The summed E-state index contributed by atoms with van der Waals surface area (Å²) in [6.45, 7) is 11.5. The fourth-order valence-electron chi connectivity index (χ4n) is 4.81. The number of rotatable bonds is 3. The van der Waals surface area contributed by atoms with Gasteiger partial charge in [-0.1, -0.05) is 39.0 Å². The number of carbonyl (C=O) groups is 2. The Morgan fingerprint density at radius 2 is 1.76 bits per heavy atom. The summed E-state index contributed by atoms with van der Waals surface area (Å²) in [5.41, 5.74) is 0.623. The molecule has 7 heteroatoms. The molecular formula is C22H32N2O4Si. The van der Waals surface area contributed by atoms with Crippen LogP contribution in [0.25, 0.3) is 0 Å². The third kappa shape index (κ3) is 3.33. The Labute approximate surface area is 174 Å². The van der Waals surface area contributed by atoms with Gasteiger partial charge in [-0.05, 0) is 54.9 Å². The van der Waals surface area contributed by atoms with Crippen molar-refractivity contribution in [3.8, 4) is 0 Å². The summed E-state index contributed by atoms with van der Waals surface area (Å²) in [5.74, 6) is 0.0505. The van der Waals surface area contributed by atoms with E-state index in [-0.39, 0.29) is 34.9 Å². The van der Waals surface area contributed by atoms with E-state index in [9.17, 15) is 14.7 Å². The standard InChI is InChI=1S/C22H32N2O4Si/c1-22(2,3)29(4,5)28-18-12-16-14(11-17(18)25)13-23-19(16)20(26)24(21(23)27)15-9-7-6-8-10-15/h6-10,14,16-19,25H,11-13H2,1-5H3/t14-,16-,17+,18-,19-/m0/s1. The maximum absolute atomic E-state index is 13.3. The number of urea groups is 1. The number of carbonyl (C=O) groups excluding carboxylic acids is 2. The summed E-state index contributed by atoms with van der Waals surface area (Å²) in [5, 5.41) is 10.8. The first-order valence-corrected chi connectivity index (χ1v) is 13.5. The molecule has 0 unspecified atom stereocenters. The number of aliphatic hydroxyl groups excluding tert-OH is 1. The summed E-state index contributed by atoms with van der Waals surface area (Å²) in [4.78, 5) is 29.3. The Morgan fingerprint density at radius 3 is 2.38 bits per heavy atom. The Kier molecular flexibility index (Phi) is 4.91. The first kappa shape index (κ1) is 20.6. The largest absolute Gasteiger partial charge is 0.411 e. The number of anilines is 1. The van der Waals surface area contributed by atoms with Gasteiger partial charge in [0.2, 0.25) is 0 Å². The van der Waals surface area contributed by atoms with E-state index < -0.39 is 20.5 Å². The summed E-state index contributed by atoms with van der Waals surface area (Å²) >= 11 is 0. The van der Waals surface area contributed by atoms with Gasteiger partial charge in [-0.2, -0.15) is 0 Å². The predicted molar refractivity (Wildman–Crippen MR) is 114 cm³/mol. The molecule has 6 nitrogen and oxygen atoms in total. The van der Waals surface area contributed by atoms with Gasteiger partial charge in [0.1, 0.15) is 6.04 Å². The van der Waals surface area contributed by atoms with Crippen LogP contribution in [0.5, 0.6) is 0 Å². The molecule has 1 aliphatic carbocycles. The predicted octanol–water partition coefficient (Wildman–Crippen LogP) is 3.61. The molecule has 0 radical (unpaired) electrons. The number of amides is 3. The number of hydrogen-bond acceptors (Lipinski definition) is 4. The molecular weight excluding hydrogens is 384 g/mol. The molecule has 3 fully saturated rings. The third-order valence-electron chi connectivity index (χ3n) is 7.43. The zero-order valence-corrected chi connectivity index (χ0v) is 19.0. The zero-order chi connectivity index (χ0) is 21.1. The van der Waals surface area contributed by atoms with Crippen molar-refractivity contribution >= 4 is 25.9 Å². The highest BCUT2D eigenvalue weighted by Gasteiger charge is 2.59. The van der Waals surface area contributed by atoms with Crippen molar-refractivity contribution in [1.29, 1.82) is 0 Å². The quantitative estimate of drug-likeness (QED) is 0.604. The van der Waals surface area contributed by atoms with Gasteiger partial charge in [0.15, 0.2) is 8.32 Å². The monoisotopic (exact) mass is 416 g/mol. The van der Waals surface area contributed by atoms with E-state index in [0.717, 1.165) is 0 Å². The second-order valence-corrected chi connectivity index (χ2v) is 15.0. The van der Waals surface area contributed by atoms with Gasteiger partial charge in [-0.3, -0.25) is 4.79 Å². The minimum atomic E-state index is -2.04. The maximum Gasteiger partial charge on any atom is 0.332 e.